The van der Waals surface area contributed by atoms with Crippen LogP contribution in [0.1, 0.15) is 73.1 Å². The monoisotopic (exact) mass is 610 g/mol. The van der Waals surface area contributed by atoms with Gasteiger partial charge in [-0.05, 0) is 113 Å². The van der Waals surface area contributed by atoms with Crippen LogP contribution in [0.15, 0.2) is 36.4 Å². The molecule has 0 radical (unpaired) electrons. The quantitative estimate of drug-likeness (QED) is 0.259. The number of carbonyl (C=O) groups excluding carboxylic acids is 3. The predicted molar refractivity (Wildman–Crippen MR) is 167 cm³/mol. The minimum Gasteiger partial charge on any atom is -0.491 e. The molecule has 242 valence electrons. The Morgan fingerprint density at radius 3 is 2.41 bits per heavy atom. The molecule has 0 unspecified atom stereocenters. The maximum absolute atomic E-state index is 13.6. The Labute approximate surface area is 261 Å². The number of hydrogen-bond donors (Lipinski definition) is 2. The van der Waals surface area contributed by atoms with Gasteiger partial charge >= 0.3 is 5.97 Å². The second-order valence-electron chi connectivity index (χ2n) is 14.5. The van der Waals surface area contributed by atoms with E-state index in [2.05, 4.69) is 30.6 Å². The van der Waals surface area contributed by atoms with Gasteiger partial charge in [0.05, 0.1) is 19.8 Å². The summed E-state index contributed by atoms with van der Waals surface area (Å²) in [7, 11) is 0. The van der Waals surface area contributed by atoms with Crippen LogP contribution >= 0.6 is 0 Å². The van der Waals surface area contributed by atoms with Crippen molar-refractivity contribution in [3.05, 3.63) is 36.4 Å². The summed E-state index contributed by atoms with van der Waals surface area (Å²) in [5, 5.41) is 6.42. The van der Waals surface area contributed by atoms with Crippen LogP contribution in [0.25, 0.3) is 0 Å². The maximum Gasteiger partial charge on any atom is 0.332 e. The van der Waals surface area contributed by atoms with Gasteiger partial charge in [-0.15, -0.1) is 0 Å². The summed E-state index contributed by atoms with van der Waals surface area (Å²) < 4.78 is 21.8. The summed E-state index contributed by atoms with van der Waals surface area (Å²) in [5.74, 6) is 2.15. The van der Waals surface area contributed by atoms with E-state index in [0.29, 0.717) is 49.9 Å². The fourth-order valence-corrected chi connectivity index (χ4v) is 8.59. The van der Waals surface area contributed by atoms with Gasteiger partial charge < -0.3 is 29.6 Å². The molecule has 5 rings (SSSR count). The lowest BCUT2D eigenvalue weighted by molar-refractivity contribution is -0.160. The van der Waals surface area contributed by atoms with Crippen LogP contribution in [0.4, 0.5) is 5.69 Å². The highest BCUT2D eigenvalue weighted by Gasteiger charge is 2.60. The van der Waals surface area contributed by atoms with Gasteiger partial charge in [0.15, 0.2) is 0 Å². The van der Waals surface area contributed by atoms with Crippen molar-refractivity contribution in [1.82, 2.24) is 5.32 Å². The molecule has 7 atom stereocenters. The second-order valence-corrected chi connectivity index (χ2v) is 14.5. The van der Waals surface area contributed by atoms with Gasteiger partial charge in [-0.1, -0.05) is 19.9 Å². The van der Waals surface area contributed by atoms with Crippen molar-refractivity contribution in [2.75, 3.05) is 38.4 Å². The van der Waals surface area contributed by atoms with Crippen LogP contribution in [0, 0.1) is 34.5 Å². The highest BCUT2D eigenvalue weighted by Crippen LogP contribution is 2.65. The number of benzene rings is 1. The third-order valence-electron chi connectivity index (χ3n) is 10.6. The number of rotatable bonds is 11. The van der Waals surface area contributed by atoms with Crippen molar-refractivity contribution in [3.63, 3.8) is 0 Å². The lowest BCUT2D eigenvalue weighted by Gasteiger charge is -2.58. The highest BCUT2D eigenvalue weighted by atomic mass is 16.6. The van der Waals surface area contributed by atoms with Crippen LogP contribution in [0.3, 0.4) is 0 Å². The Morgan fingerprint density at radius 1 is 0.932 bits per heavy atom. The molecule has 0 aromatic heterocycles. The lowest BCUT2D eigenvalue weighted by atomic mass is 9.48. The van der Waals surface area contributed by atoms with E-state index in [-0.39, 0.29) is 41.2 Å². The van der Waals surface area contributed by atoms with E-state index in [1.165, 1.54) is 0 Å². The predicted octanol–water partition coefficient (Wildman–Crippen LogP) is 5.29. The van der Waals surface area contributed by atoms with E-state index in [1.807, 2.05) is 45.0 Å². The van der Waals surface area contributed by atoms with Crippen molar-refractivity contribution >= 4 is 23.5 Å². The summed E-state index contributed by atoms with van der Waals surface area (Å²) in [5.41, 5.74) is 0.258. The zero-order chi connectivity index (χ0) is 31.5. The van der Waals surface area contributed by atoms with Crippen molar-refractivity contribution in [3.8, 4) is 5.75 Å². The smallest absolute Gasteiger partial charge is 0.332 e. The van der Waals surface area contributed by atoms with Gasteiger partial charge in [-0.2, -0.15) is 0 Å². The molecule has 2 N–H and O–H groups in total. The molecule has 44 heavy (non-hydrogen) atoms. The summed E-state index contributed by atoms with van der Waals surface area (Å²) in [6.07, 6.45) is 10.2. The second kappa shape index (κ2) is 13.2. The third-order valence-corrected chi connectivity index (χ3v) is 10.6. The SMILES string of the molecule is CC(C)(C)OC(=O)COCCOCCOc1ccc(NC(=O)[C@H]2CC[C@H]3[C@@H]4CC[C@H]5NC(=O)C=C[C@]5(C)[C@H]4CC[C@]23C)cc1. The Hall–Kier alpha value is -2.91. The maximum atomic E-state index is 13.6. The molecule has 3 fully saturated rings. The van der Waals surface area contributed by atoms with E-state index in [0.717, 1.165) is 44.2 Å². The third kappa shape index (κ3) is 7.15. The number of hydrogen-bond acceptors (Lipinski definition) is 7. The first kappa shape index (κ1) is 32.5. The summed E-state index contributed by atoms with van der Waals surface area (Å²) in [4.78, 5) is 37.3. The fourth-order valence-electron chi connectivity index (χ4n) is 8.59. The van der Waals surface area contributed by atoms with Gasteiger partial charge in [-0.25, -0.2) is 4.79 Å². The molecule has 0 spiro atoms. The lowest BCUT2D eigenvalue weighted by Crippen LogP contribution is -2.59. The normalized spacial score (nSPS) is 32.6. The molecule has 0 bridgehead atoms. The number of esters is 1. The van der Waals surface area contributed by atoms with E-state index >= 15 is 0 Å². The zero-order valence-electron chi connectivity index (χ0n) is 27.0. The summed E-state index contributed by atoms with van der Waals surface area (Å²) in [6.45, 7) is 11.5. The Kier molecular flexibility index (Phi) is 9.75. The van der Waals surface area contributed by atoms with E-state index in [1.54, 1.807) is 6.08 Å². The highest BCUT2D eigenvalue weighted by molar-refractivity contribution is 5.93. The molecular formula is C35H50N2O7. The molecule has 1 heterocycles. The van der Waals surface area contributed by atoms with Gasteiger partial charge in [0.1, 0.15) is 24.6 Å². The molecule has 9 nitrogen and oxygen atoms in total. The largest absolute Gasteiger partial charge is 0.491 e. The number of fused-ring (bicyclic) bond motifs is 5. The van der Waals surface area contributed by atoms with Crippen molar-refractivity contribution in [2.45, 2.75) is 84.8 Å². The molecular weight excluding hydrogens is 560 g/mol. The molecule has 3 aliphatic carbocycles. The van der Waals surface area contributed by atoms with Gasteiger partial charge in [0, 0.05) is 23.1 Å². The van der Waals surface area contributed by atoms with Crippen LogP contribution < -0.4 is 15.4 Å². The van der Waals surface area contributed by atoms with Crippen LogP contribution in [-0.2, 0) is 28.6 Å². The van der Waals surface area contributed by atoms with E-state index in [9.17, 15) is 14.4 Å². The fraction of sp³-hybridized carbons (Fsp3) is 0.686. The molecule has 1 aromatic carbocycles. The minimum atomic E-state index is -0.524. The first-order chi connectivity index (χ1) is 20.9. The van der Waals surface area contributed by atoms with Gasteiger partial charge in [0.2, 0.25) is 11.8 Å². The molecule has 9 heteroatoms. The molecule has 0 saturated heterocycles. The Balaban J connectivity index is 1.04. The number of anilines is 1. The summed E-state index contributed by atoms with van der Waals surface area (Å²) in [6, 6.07) is 7.72. The molecule has 1 aromatic rings. The topological polar surface area (TPSA) is 112 Å². The van der Waals surface area contributed by atoms with Gasteiger partial charge in [0.25, 0.3) is 0 Å². The number of ether oxygens (including phenoxy) is 4. The van der Waals surface area contributed by atoms with Crippen molar-refractivity contribution < 1.29 is 33.3 Å². The van der Waals surface area contributed by atoms with Gasteiger partial charge in [-0.3, -0.25) is 9.59 Å². The Bertz CT molecular complexity index is 1220. The number of nitrogens with one attached hydrogen (secondary N) is 2. The van der Waals surface area contributed by atoms with Crippen molar-refractivity contribution in [2.24, 2.45) is 34.5 Å². The minimum absolute atomic E-state index is 0.0000991. The molecule has 3 saturated carbocycles. The average Bonchev–Trinajstić information content (AvgIpc) is 3.32. The number of amides is 2. The van der Waals surface area contributed by atoms with Crippen LogP contribution in [-0.4, -0.2) is 62.5 Å². The molecule has 4 aliphatic rings. The van der Waals surface area contributed by atoms with Crippen LogP contribution in [0.5, 0.6) is 5.75 Å². The van der Waals surface area contributed by atoms with E-state index in [4.69, 9.17) is 18.9 Å². The Morgan fingerprint density at radius 2 is 1.66 bits per heavy atom. The first-order valence-corrected chi connectivity index (χ1v) is 16.3. The molecule has 1 aliphatic heterocycles. The van der Waals surface area contributed by atoms with Crippen molar-refractivity contribution in [1.29, 1.82) is 0 Å². The average molecular weight is 611 g/mol. The summed E-state index contributed by atoms with van der Waals surface area (Å²) >= 11 is 0. The van der Waals surface area contributed by atoms with E-state index < -0.39 is 11.6 Å². The van der Waals surface area contributed by atoms with Crippen LogP contribution in [0.2, 0.25) is 0 Å². The standard InChI is InChI=1S/C35H50N2O7/c1-33(2,3)44-31(39)22-42-19-18-41-20-21-43-24-8-6-23(7-9-24)36-32(40)28-12-11-26-25-10-13-29-35(5,17-15-30(38)37-29)27(25)14-16-34(26,28)4/h6-9,15,17,25-29H,10-14,16,18-22H2,1-5H3,(H,36,40)(H,37,38)/t25-,26-,27-,28+,29+,34-,35+/m0/s1. The first-order valence-electron chi connectivity index (χ1n) is 16.3. The molecule has 2 amide bonds. The number of carbonyl (C=O) groups is 3. The zero-order valence-corrected chi connectivity index (χ0v) is 27.0.